The van der Waals surface area contributed by atoms with Crippen LogP contribution < -0.4 is 10.1 Å². The van der Waals surface area contributed by atoms with Gasteiger partial charge < -0.3 is 10.1 Å². The third kappa shape index (κ3) is 3.48. The van der Waals surface area contributed by atoms with Crippen molar-refractivity contribution in [1.82, 2.24) is 0 Å². The van der Waals surface area contributed by atoms with Gasteiger partial charge in [-0.15, -0.1) is 0 Å². The van der Waals surface area contributed by atoms with Gasteiger partial charge in [0, 0.05) is 5.69 Å². The van der Waals surface area contributed by atoms with Gasteiger partial charge >= 0.3 is 0 Å². The van der Waals surface area contributed by atoms with Crippen molar-refractivity contribution in [3.05, 3.63) is 59.2 Å². The van der Waals surface area contributed by atoms with Crippen LogP contribution in [0.5, 0.6) is 5.75 Å². The number of nitrogens with one attached hydrogen (secondary N) is 1. The van der Waals surface area contributed by atoms with Crippen LogP contribution in [0.4, 0.5) is 5.69 Å². The van der Waals surface area contributed by atoms with Gasteiger partial charge in [-0.3, -0.25) is 4.79 Å². The number of aryl methyl sites for hydroxylation is 2. The molecular formula is C19H21NO2. The van der Waals surface area contributed by atoms with Crippen LogP contribution in [-0.2, 0) is 24.1 Å². The molecule has 22 heavy (non-hydrogen) atoms. The predicted molar refractivity (Wildman–Crippen MR) is 88.4 cm³/mol. The molecule has 0 aliphatic heterocycles. The van der Waals surface area contributed by atoms with Gasteiger partial charge in [0.25, 0.3) is 0 Å². The van der Waals surface area contributed by atoms with Crippen LogP contribution in [0.2, 0.25) is 0 Å². The van der Waals surface area contributed by atoms with Crippen LogP contribution in [-0.4, -0.2) is 13.0 Å². The number of carbonyl (C=O) groups is 1. The molecule has 2 aromatic carbocycles. The van der Waals surface area contributed by atoms with E-state index in [4.69, 9.17) is 4.74 Å². The first kappa shape index (κ1) is 14.6. The molecular weight excluding hydrogens is 274 g/mol. The third-order valence-electron chi connectivity index (χ3n) is 4.15. The molecule has 3 heteroatoms. The molecule has 2 aromatic rings. The largest absolute Gasteiger partial charge is 0.497 e. The summed E-state index contributed by atoms with van der Waals surface area (Å²) in [7, 11) is 1.63. The average Bonchev–Trinajstić information content (AvgIpc) is 2.55. The molecule has 0 saturated carbocycles. The Kier molecular flexibility index (Phi) is 4.42. The fourth-order valence-electron chi connectivity index (χ4n) is 2.96. The Morgan fingerprint density at radius 3 is 2.50 bits per heavy atom. The molecule has 0 saturated heterocycles. The zero-order chi connectivity index (χ0) is 15.4. The molecule has 0 radical (unpaired) electrons. The standard InChI is InChI=1S/C19H21NO2/c1-22-18-10-8-17(9-11-18)20-19(21)13-14-6-7-15-4-2-3-5-16(15)12-14/h6-12H,2-5,13H2,1H3,(H,20,21). The fraction of sp³-hybridized carbons (Fsp3) is 0.316. The van der Waals surface area contributed by atoms with E-state index in [1.165, 1.54) is 30.4 Å². The minimum absolute atomic E-state index is 0.0147. The van der Waals surface area contributed by atoms with Crippen LogP contribution in [0.3, 0.4) is 0 Å². The highest BCUT2D eigenvalue weighted by Gasteiger charge is 2.11. The highest BCUT2D eigenvalue weighted by atomic mass is 16.5. The molecule has 0 unspecified atom stereocenters. The van der Waals surface area contributed by atoms with Gasteiger partial charge in [0.2, 0.25) is 5.91 Å². The van der Waals surface area contributed by atoms with Crippen molar-refractivity contribution in [2.45, 2.75) is 32.1 Å². The van der Waals surface area contributed by atoms with Crippen molar-refractivity contribution in [1.29, 1.82) is 0 Å². The summed E-state index contributed by atoms with van der Waals surface area (Å²) in [5.41, 5.74) is 4.75. The van der Waals surface area contributed by atoms with Gasteiger partial charge in [-0.25, -0.2) is 0 Å². The van der Waals surface area contributed by atoms with Gasteiger partial charge in [0.15, 0.2) is 0 Å². The van der Waals surface area contributed by atoms with E-state index in [9.17, 15) is 4.79 Å². The second kappa shape index (κ2) is 6.65. The molecule has 1 amide bonds. The maximum absolute atomic E-state index is 12.2. The number of ether oxygens (including phenoxy) is 1. The zero-order valence-electron chi connectivity index (χ0n) is 12.9. The second-order valence-electron chi connectivity index (χ2n) is 5.76. The first-order valence-electron chi connectivity index (χ1n) is 7.79. The van der Waals surface area contributed by atoms with Gasteiger partial charge in [0.1, 0.15) is 5.75 Å². The van der Waals surface area contributed by atoms with Crippen molar-refractivity contribution < 1.29 is 9.53 Å². The SMILES string of the molecule is COc1ccc(NC(=O)Cc2ccc3c(c2)CCCC3)cc1. The van der Waals surface area contributed by atoms with E-state index in [-0.39, 0.29) is 5.91 Å². The predicted octanol–water partition coefficient (Wildman–Crippen LogP) is 3.76. The lowest BCUT2D eigenvalue weighted by Gasteiger charge is -2.16. The van der Waals surface area contributed by atoms with Crippen molar-refractivity contribution in [2.24, 2.45) is 0 Å². The van der Waals surface area contributed by atoms with Gasteiger partial charge in [0.05, 0.1) is 13.5 Å². The highest BCUT2D eigenvalue weighted by Crippen LogP contribution is 2.22. The Morgan fingerprint density at radius 2 is 1.77 bits per heavy atom. The Bertz CT molecular complexity index is 662. The summed E-state index contributed by atoms with van der Waals surface area (Å²) >= 11 is 0. The molecule has 1 aliphatic rings. The molecule has 0 heterocycles. The van der Waals surface area contributed by atoms with Crippen LogP contribution in [0.25, 0.3) is 0 Å². The molecule has 0 bridgehead atoms. The number of anilines is 1. The summed E-state index contributed by atoms with van der Waals surface area (Å²) in [5.74, 6) is 0.800. The number of hydrogen-bond donors (Lipinski definition) is 1. The number of carbonyl (C=O) groups excluding carboxylic acids is 1. The summed E-state index contributed by atoms with van der Waals surface area (Å²) in [4.78, 5) is 12.2. The minimum Gasteiger partial charge on any atom is -0.497 e. The maximum atomic E-state index is 12.2. The smallest absolute Gasteiger partial charge is 0.228 e. The molecule has 114 valence electrons. The molecule has 0 aromatic heterocycles. The van der Waals surface area contributed by atoms with E-state index in [0.717, 1.165) is 23.4 Å². The van der Waals surface area contributed by atoms with E-state index in [1.807, 2.05) is 24.3 Å². The third-order valence-corrected chi connectivity index (χ3v) is 4.15. The van der Waals surface area contributed by atoms with Crippen molar-refractivity contribution in [3.63, 3.8) is 0 Å². The summed E-state index contributed by atoms with van der Waals surface area (Å²) in [6.45, 7) is 0. The fourth-order valence-corrected chi connectivity index (χ4v) is 2.96. The topological polar surface area (TPSA) is 38.3 Å². The number of rotatable bonds is 4. The normalized spacial score (nSPS) is 13.3. The minimum atomic E-state index is 0.0147. The number of hydrogen-bond acceptors (Lipinski definition) is 2. The molecule has 0 atom stereocenters. The van der Waals surface area contributed by atoms with Crippen LogP contribution >= 0.6 is 0 Å². The quantitative estimate of drug-likeness (QED) is 0.932. The number of amides is 1. The van der Waals surface area contributed by atoms with Crippen molar-refractivity contribution >= 4 is 11.6 Å². The lowest BCUT2D eigenvalue weighted by molar-refractivity contribution is -0.115. The van der Waals surface area contributed by atoms with Gasteiger partial charge in [-0.05, 0) is 66.6 Å². The van der Waals surface area contributed by atoms with Crippen LogP contribution in [0.1, 0.15) is 29.5 Å². The zero-order valence-corrected chi connectivity index (χ0v) is 12.9. The highest BCUT2D eigenvalue weighted by molar-refractivity contribution is 5.92. The van der Waals surface area contributed by atoms with Crippen LogP contribution in [0, 0.1) is 0 Å². The van der Waals surface area contributed by atoms with Crippen molar-refractivity contribution in [3.8, 4) is 5.75 Å². The second-order valence-corrected chi connectivity index (χ2v) is 5.76. The average molecular weight is 295 g/mol. The lowest BCUT2D eigenvalue weighted by Crippen LogP contribution is -2.15. The molecule has 1 aliphatic carbocycles. The van der Waals surface area contributed by atoms with Gasteiger partial charge in [-0.1, -0.05) is 18.2 Å². The first-order chi connectivity index (χ1) is 10.7. The lowest BCUT2D eigenvalue weighted by atomic mass is 9.90. The number of fused-ring (bicyclic) bond motifs is 1. The van der Waals surface area contributed by atoms with Crippen molar-refractivity contribution in [2.75, 3.05) is 12.4 Å². The van der Waals surface area contributed by atoms with E-state index >= 15 is 0 Å². The number of methoxy groups -OCH3 is 1. The molecule has 3 rings (SSSR count). The number of benzene rings is 2. The Labute approximate surface area is 131 Å². The maximum Gasteiger partial charge on any atom is 0.228 e. The monoisotopic (exact) mass is 295 g/mol. The van der Waals surface area contributed by atoms with E-state index in [0.29, 0.717) is 6.42 Å². The van der Waals surface area contributed by atoms with E-state index in [1.54, 1.807) is 7.11 Å². The Morgan fingerprint density at radius 1 is 1.05 bits per heavy atom. The molecule has 0 spiro atoms. The summed E-state index contributed by atoms with van der Waals surface area (Å²) in [6.07, 6.45) is 5.27. The summed E-state index contributed by atoms with van der Waals surface area (Å²) < 4.78 is 5.11. The molecule has 3 nitrogen and oxygen atoms in total. The molecule has 1 N–H and O–H groups in total. The van der Waals surface area contributed by atoms with Gasteiger partial charge in [-0.2, -0.15) is 0 Å². The summed E-state index contributed by atoms with van der Waals surface area (Å²) in [5, 5.41) is 2.93. The summed E-state index contributed by atoms with van der Waals surface area (Å²) in [6, 6.07) is 13.8. The van der Waals surface area contributed by atoms with E-state index < -0.39 is 0 Å². The first-order valence-corrected chi connectivity index (χ1v) is 7.79. The van der Waals surface area contributed by atoms with E-state index in [2.05, 4.69) is 23.5 Å². The molecule has 0 fully saturated rings. The Balaban J connectivity index is 1.63. The van der Waals surface area contributed by atoms with Crippen LogP contribution in [0.15, 0.2) is 42.5 Å². The Hall–Kier alpha value is -2.29.